The molecule has 208 valence electrons. The van der Waals surface area contributed by atoms with Crippen LogP contribution in [0.1, 0.15) is 39.9 Å². The SMILES string of the molecule is C[C@H]1c2ccc(C=Cc3ccccc3)c(O)c2C(=O)C2C(=O)[C@]3(O)C(=O)C(C(N)=O)C(=O)C(N(C)C)[C@@H]3[C@@H](O)[C@@H]21. The van der Waals surface area contributed by atoms with Crippen LogP contribution in [0, 0.1) is 23.7 Å². The van der Waals surface area contributed by atoms with E-state index < -0.39 is 76.4 Å². The maximum absolute atomic E-state index is 14.0. The molecule has 10 heteroatoms. The average molecular weight is 547 g/mol. The average Bonchev–Trinajstić information content (AvgIpc) is 2.90. The van der Waals surface area contributed by atoms with Gasteiger partial charge >= 0.3 is 0 Å². The smallest absolute Gasteiger partial charge is 0.235 e. The number of hydrogen-bond acceptors (Lipinski definition) is 9. The Hall–Kier alpha value is -3.99. The number of benzene rings is 2. The van der Waals surface area contributed by atoms with Crippen LogP contribution < -0.4 is 5.73 Å². The van der Waals surface area contributed by atoms with Crippen LogP contribution in [0.2, 0.25) is 0 Å². The van der Waals surface area contributed by atoms with Gasteiger partial charge in [0.15, 0.2) is 34.7 Å². The summed E-state index contributed by atoms with van der Waals surface area (Å²) >= 11 is 0. The van der Waals surface area contributed by atoms with Gasteiger partial charge in [-0.15, -0.1) is 0 Å². The number of aromatic hydroxyl groups is 1. The molecular weight excluding hydrogens is 516 g/mol. The number of nitrogens with zero attached hydrogens (tertiary/aromatic N) is 1. The van der Waals surface area contributed by atoms with Gasteiger partial charge in [0, 0.05) is 11.5 Å². The van der Waals surface area contributed by atoms with Crippen LogP contribution in [0.15, 0.2) is 42.5 Å². The molecule has 10 nitrogen and oxygen atoms in total. The van der Waals surface area contributed by atoms with E-state index in [1.807, 2.05) is 30.3 Å². The summed E-state index contributed by atoms with van der Waals surface area (Å²) in [5, 5.41) is 34.5. The van der Waals surface area contributed by atoms with Crippen molar-refractivity contribution >= 4 is 41.2 Å². The summed E-state index contributed by atoms with van der Waals surface area (Å²) in [6.07, 6.45) is 1.70. The van der Waals surface area contributed by atoms with Crippen LogP contribution in [0.5, 0.6) is 5.75 Å². The third-order valence-corrected chi connectivity index (χ3v) is 8.78. The van der Waals surface area contributed by atoms with E-state index in [1.54, 1.807) is 31.2 Å². The highest BCUT2D eigenvalue weighted by molar-refractivity contribution is 6.32. The fourth-order valence-electron chi connectivity index (χ4n) is 6.89. The lowest BCUT2D eigenvalue weighted by Gasteiger charge is -2.56. The zero-order valence-corrected chi connectivity index (χ0v) is 22.1. The quantitative estimate of drug-likeness (QED) is 0.316. The van der Waals surface area contributed by atoms with Gasteiger partial charge in [0.25, 0.3) is 0 Å². The van der Waals surface area contributed by atoms with E-state index in [0.29, 0.717) is 11.1 Å². The highest BCUT2D eigenvalue weighted by Gasteiger charge is 2.72. The van der Waals surface area contributed by atoms with Crippen molar-refractivity contribution in [2.45, 2.75) is 30.6 Å². The van der Waals surface area contributed by atoms with Gasteiger partial charge < -0.3 is 21.1 Å². The number of ketones is 4. The maximum atomic E-state index is 14.0. The molecule has 3 aliphatic rings. The second-order valence-electron chi connectivity index (χ2n) is 11.1. The summed E-state index contributed by atoms with van der Waals surface area (Å²) in [5.74, 6) is -13.4. The Bertz CT molecular complexity index is 1480. The highest BCUT2D eigenvalue weighted by Crippen LogP contribution is 2.54. The van der Waals surface area contributed by atoms with Crippen LogP contribution in [-0.4, -0.2) is 81.1 Å². The van der Waals surface area contributed by atoms with Gasteiger partial charge in [-0.3, -0.25) is 28.9 Å². The fraction of sp³-hybridized carbons (Fsp3) is 0.367. The Labute approximate surface area is 230 Å². The minimum Gasteiger partial charge on any atom is -0.507 e. The van der Waals surface area contributed by atoms with Gasteiger partial charge in [-0.1, -0.05) is 61.5 Å². The number of Topliss-reactive ketones (excluding diaryl/α,β-unsaturated/α-hetero) is 4. The van der Waals surface area contributed by atoms with E-state index in [1.165, 1.54) is 19.0 Å². The lowest BCUT2D eigenvalue weighted by Crippen LogP contribution is -2.77. The largest absolute Gasteiger partial charge is 0.507 e. The van der Waals surface area contributed by atoms with E-state index >= 15 is 0 Å². The maximum Gasteiger partial charge on any atom is 0.235 e. The second-order valence-corrected chi connectivity index (χ2v) is 11.1. The van der Waals surface area contributed by atoms with Gasteiger partial charge in [-0.2, -0.15) is 0 Å². The first-order valence-electron chi connectivity index (χ1n) is 13.0. The van der Waals surface area contributed by atoms with Crippen molar-refractivity contribution in [2.75, 3.05) is 14.1 Å². The van der Waals surface area contributed by atoms with Crippen LogP contribution >= 0.6 is 0 Å². The van der Waals surface area contributed by atoms with Crippen molar-refractivity contribution < 1.29 is 39.3 Å². The first kappa shape index (κ1) is 27.6. The van der Waals surface area contributed by atoms with Crippen molar-refractivity contribution in [2.24, 2.45) is 29.4 Å². The summed E-state index contributed by atoms with van der Waals surface area (Å²) in [6, 6.07) is 11.1. The van der Waals surface area contributed by atoms with E-state index in [-0.39, 0.29) is 11.3 Å². The molecule has 0 heterocycles. The number of likely N-dealkylation sites (N-methyl/N-ethyl adjacent to an activating group) is 1. The Balaban J connectivity index is 1.64. The molecule has 0 aliphatic heterocycles. The number of aliphatic hydroxyl groups is 2. The third-order valence-electron chi connectivity index (χ3n) is 8.78. The number of aliphatic hydroxyl groups excluding tert-OH is 1. The Kier molecular flexibility index (Phi) is 6.60. The predicted molar refractivity (Wildman–Crippen MR) is 143 cm³/mol. The van der Waals surface area contributed by atoms with E-state index in [2.05, 4.69) is 0 Å². The molecule has 0 bridgehead atoms. The summed E-state index contributed by atoms with van der Waals surface area (Å²) in [7, 11) is 2.90. The molecule has 0 radical (unpaired) electrons. The number of fused-ring (bicyclic) bond motifs is 3. The first-order chi connectivity index (χ1) is 18.8. The number of rotatable bonds is 4. The molecule has 0 aromatic heterocycles. The van der Waals surface area contributed by atoms with Crippen LogP contribution in [0.25, 0.3) is 12.2 Å². The van der Waals surface area contributed by atoms with Gasteiger partial charge in [0.05, 0.1) is 29.5 Å². The summed E-state index contributed by atoms with van der Waals surface area (Å²) in [6.45, 7) is 1.67. The number of hydrogen-bond donors (Lipinski definition) is 4. The normalized spacial score (nSPS) is 33.6. The van der Waals surface area contributed by atoms with Crippen molar-refractivity contribution in [3.8, 4) is 5.75 Å². The molecule has 1 amide bonds. The van der Waals surface area contributed by atoms with E-state index in [4.69, 9.17) is 5.73 Å². The van der Waals surface area contributed by atoms with Crippen molar-refractivity contribution in [1.82, 2.24) is 4.90 Å². The zero-order chi connectivity index (χ0) is 29.3. The number of primary amides is 1. The number of amides is 1. The van der Waals surface area contributed by atoms with Crippen molar-refractivity contribution in [3.05, 3.63) is 64.7 Å². The van der Waals surface area contributed by atoms with Gasteiger partial charge in [-0.25, -0.2) is 0 Å². The second kappa shape index (κ2) is 9.58. The number of carbonyl (C=O) groups excluding carboxylic acids is 5. The summed E-state index contributed by atoms with van der Waals surface area (Å²) in [5.41, 5.74) is 3.73. The fourth-order valence-corrected chi connectivity index (χ4v) is 6.89. The molecule has 5 N–H and O–H groups in total. The lowest BCUT2D eigenvalue weighted by molar-refractivity contribution is -0.196. The molecule has 8 atom stereocenters. The lowest BCUT2D eigenvalue weighted by atomic mass is 9.49. The molecule has 0 spiro atoms. The number of nitrogens with two attached hydrogens (primary N) is 1. The van der Waals surface area contributed by atoms with Gasteiger partial charge in [-0.05, 0) is 31.1 Å². The number of carbonyl (C=O) groups is 5. The standard InChI is InChI=1S/C30H30N2O8/c1-13-16-12-11-15(10-9-14-7-5-4-6-8-14)23(33)18(16)24(34)19-17(13)25(35)21-22(32(2)3)26(36)20(29(31)39)28(38)30(21,40)27(19)37/h4-13,17,19-22,25,33,35,40H,1-3H3,(H2,31,39)/t13-,17+,19?,20?,21+,22?,25-,30-/m0/s1. The van der Waals surface area contributed by atoms with Crippen molar-refractivity contribution in [1.29, 1.82) is 0 Å². The van der Waals surface area contributed by atoms with Crippen molar-refractivity contribution in [3.63, 3.8) is 0 Å². The molecule has 2 aromatic rings. The minimum absolute atomic E-state index is 0.137. The molecule has 0 saturated heterocycles. The zero-order valence-electron chi connectivity index (χ0n) is 22.1. The monoisotopic (exact) mass is 546 g/mol. The molecular formula is C30H30N2O8. The first-order valence-corrected chi connectivity index (χ1v) is 13.0. The van der Waals surface area contributed by atoms with E-state index in [9.17, 15) is 39.3 Å². The third kappa shape index (κ3) is 3.71. The number of phenolic OH excluding ortho intramolecular Hbond substituents is 1. The van der Waals surface area contributed by atoms with Crippen LogP contribution in [0.3, 0.4) is 0 Å². The van der Waals surface area contributed by atoms with Gasteiger partial charge in [0.2, 0.25) is 5.91 Å². The molecule has 5 rings (SSSR count). The Morgan fingerprint density at radius 2 is 1.65 bits per heavy atom. The number of phenols is 1. The van der Waals surface area contributed by atoms with Gasteiger partial charge in [0.1, 0.15) is 5.75 Å². The molecule has 40 heavy (non-hydrogen) atoms. The minimum atomic E-state index is -3.02. The molecule has 2 fully saturated rings. The topological polar surface area (TPSA) is 175 Å². The van der Waals surface area contributed by atoms with Crippen LogP contribution in [0.4, 0.5) is 0 Å². The summed E-state index contributed by atoms with van der Waals surface area (Å²) < 4.78 is 0. The summed E-state index contributed by atoms with van der Waals surface area (Å²) in [4.78, 5) is 68.0. The molecule has 2 saturated carbocycles. The van der Waals surface area contributed by atoms with E-state index in [0.717, 1.165) is 5.56 Å². The Morgan fingerprint density at radius 3 is 2.25 bits per heavy atom. The molecule has 3 aliphatic carbocycles. The molecule has 2 aromatic carbocycles. The highest BCUT2D eigenvalue weighted by atomic mass is 16.3. The Morgan fingerprint density at radius 1 is 1.00 bits per heavy atom. The predicted octanol–water partition coefficient (Wildman–Crippen LogP) is 0.569. The van der Waals surface area contributed by atoms with Crippen LogP contribution in [-0.2, 0) is 19.2 Å². The molecule has 3 unspecified atom stereocenters.